The average molecular weight is 362 g/mol. The third kappa shape index (κ3) is 2.05. The summed E-state index contributed by atoms with van der Waals surface area (Å²) < 4.78 is 4.83. The number of hydrogen-bond acceptors (Lipinski definition) is 4. The molecule has 4 nitrogen and oxygen atoms in total. The van der Waals surface area contributed by atoms with E-state index in [0.717, 1.165) is 0 Å². The molecule has 14 heavy (non-hydrogen) atoms. The fraction of sp³-hybridized carbons (Fsp3) is 0. The third-order valence-electron chi connectivity index (χ3n) is 1.47. The Balaban J connectivity index is 0.000000980. The Bertz CT molecular complexity index is 447. The largest absolute Gasteiger partial charge is 0.381 e. The molecule has 0 fully saturated rings. The number of nitriles is 1. The maximum atomic E-state index is 8.45. The van der Waals surface area contributed by atoms with E-state index in [1.165, 1.54) is 0 Å². The summed E-state index contributed by atoms with van der Waals surface area (Å²) in [5.74, 6) is 0.351. The van der Waals surface area contributed by atoms with Crippen LogP contribution in [0.2, 0.25) is 0 Å². The van der Waals surface area contributed by atoms with Gasteiger partial charge in [0.2, 0.25) is 0 Å². The summed E-state index contributed by atoms with van der Waals surface area (Å²) in [5, 5.41) is 11.9. The molecule has 2 aromatic rings. The zero-order valence-corrected chi connectivity index (χ0v) is 9.29. The smallest absolute Gasteiger partial charge is 0.263 e. The van der Waals surface area contributed by atoms with Crippen molar-refractivity contribution in [1.29, 1.82) is 5.26 Å². The first kappa shape index (κ1) is 10.6. The molecule has 0 spiro atoms. The molecule has 1 heterocycles. The normalized spacial score (nSPS) is 8.79. The molecule has 1 aromatic heterocycles. The monoisotopic (exact) mass is 363 g/mol. The van der Waals surface area contributed by atoms with E-state index in [0.29, 0.717) is 11.5 Å². The minimum Gasteiger partial charge on any atom is -0.381 e. The molecule has 2 rings (SSSR count). The minimum atomic E-state index is 0. The Morgan fingerprint density at radius 1 is 1.43 bits per heavy atom. The molecule has 0 bridgehead atoms. The van der Waals surface area contributed by atoms with Gasteiger partial charge in [0.05, 0.1) is 0 Å². The van der Waals surface area contributed by atoms with Crippen molar-refractivity contribution in [2.24, 2.45) is 0 Å². The van der Waals surface area contributed by atoms with Gasteiger partial charge in [0, 0.05) is 20.1 Å². The molecule has 0 saturated carbocycles. The van der Waals surface area contributed by atoms with E-state index < -0.39 is 0 Å². The van der Waals surface area contributed by atoms with Crippen LogP contribution in [-0.4, -0.2) is 10.1 Å². The van der Waals surface area contributed by atoms with Gasteiger partial charge in [0.25, 0.3) is 5.82 Å². The van der Waals surface area contributed by atoms with Gasteiger partial charge in [-0.25, -0.2) is 4.98 Å². The first-order valence-electron chi connectivity index (χ1n) is 3.61. The van der Waals surface area contributed by atoms with Gasteiger partial charge >= 0.3 is 0 Å². The van der Waals surface area contributed by atoms with Crippen LogP contribution in [-0.2, 0) is 20.1 Å². The van der Waals surface area contributed by atoms with Gasteiger partial charge < -0.3 is 4.52 Å². The molecule has 71 valence electrons. The Hall–Kier alpha value is -1.50. The van der Waals surface area contributed by atoms with Crippen LogP contribution in [0.5, 0.6) is 0 Å². The van der Waals surface area contributed by atoms with Crippen molar-refractivity contribution in [2.45, 2.75) is 0 Å². The molecular formula is C9H4IrN3O-. The van der Waals surface area contributed by atoms with E-state index in [1.807, 2.05) is 12.1 Å². The molecule has 0 N–H and O–H groups in total. The van der Waals surface area contributed by atoms with Crippen molar-refractivity contribution in [3.63, 3.8) is 0 Å². The molecular weight excluding hydrogens is 358 g/mol. The average Bonchev–Trinajstić information content (AvgIpc) is 2.67. The molecule has 0 saturated heterocycles. The summed E-state index contributed by atoms with van der Waals surface area (Å²) in [7, 11) is 0. The maximum absolute atomic E-state index is 8.45. The first-order valence-corrected chi connectivity index (χ1v) is 3.61. The number of hydrogen-bond donors (Lipinski definition) is 0. The molecule has 0 unspecified atom stereocenters. The minimum absolute atomic E-state index is 0. The summed E-state index contributed by atoms with van der Waals surface area (Å²) in [5.41, 5.74) is 0.691. The van der Waals surface area contributed by atoms with Crippen LogP contribution in [0.3, 0.4) is 0 Å². The van der Waals surface area contributed by atoms with E-state index in [4.69, 9.17) is 9.78 Å². The number of rotatable bonds is 1. The quantitative estimate of drug-likeness (QED) is 0.720. The van der Waals surface area contributed by atoms with Gasteiger partial charge in [0.15, 0.2) is 5.89 Å². The SMILES string of the molecule is N#Cc1noc(-c2[c-]cccc2)n1.[Ir]. The van der Waals surface area contributed by atoms with Gasteiger partial charge in [-0.15, -0.1) is 30.3 Å². The second kappa shape index (κ2) is 4.66. The van der Waals surface area contributed by atoms with Crippen LogP contribution in [0.25, 0.3) is 11.5 Å². The zero-order chi connectivity index (χ0) is 9.10. The molecule has 5 heteroatoms. The number of aromatic nitrogens is 2. The molecule has 0 atom stereocenters. The molecule has 0 aliphatic heterocycles. The van der Waals surface area contributed by atoms with E-state index >= 15 is 0 Å². The van der Waals surface area contributed by atoms with Gasteiger partial charge in [-0.1, -0.05) is 10.7 Å². The zero-order valence-electron chi connectivity index (χ0n) is 6.89. The summed E-state index contributed by atoms with van der Waals surface area (Å²) in [6, 6.07) is 11.9. The van der Waals surface area contributed by atoms with Crippen LogP contribution in [0.15, 0.2) is 28.8 Å². The van der Waals surface area contributed by atoms with Crippen LogP contribution in [0, 0.1) is 17.4 Å². The van der Waals surface area contributed by atoms with Gasteiger partial charge in [-0.3, -0.25) is 0 Å². The summed E-state index contributed by atoms with van der Waals surface area (Å²) in [4.78, 5) is 3.83. The fourth-order valence-corrected chi connectivity index (χ4v) is 0.905. The van der Waals surface area contributed by atoms with Gasteiger partial charge in [0.1, 0.15) is 6.07 Å². The van der Waals surface area contributed by atoms with Crippen LogP contribution in [0.4, 0.5) is 0 Å². The molecule has 1 radical (unpaired) electrons. The standard InChI is InChI=1S/C9H4N3O.Ir/c10-6-8-11-9(13-12-8)7-4-2-1-3-5-7;/h1-4H;/q-1;. The second-order valence-corrected chi connectivity index (χ2v) is 2.31. The van der Waals surface area contributed by atoms with Gasteiger partial charge in [-0.2, -0.15) is 5.26 Å². The van der Waals surface area contributed by atoms with E-state index in [9.17, 15) is 0 Å². The topological polar surface area (TPSA) is 62.7 Å². The van der Waals surface area contributed by atoms with Crippen molar-refractivity contribution < 1.29 is 24.6 Å². The van der Waals surface area contributed by atoms with Crippen molar-refractivity contribution in [3.05, 3.63) is 36.2 Å². The third-order valence-corrected chi connectivity index (χ3v) is 1.47. The Labute approximate surface area is 93.9 Å². The van der Waals surface area contributed by atoms with E-state index in [-0.39, 0.29) is 25.9 Å². The Morgan fingerprint density at radius 3 is 2.86 bits per heavy atom. The van der Waals surface area contributed by atoms with Crippen molar-refractivity contribution >= 4 is 0 Å². The van der Waals surface area contributed by atoms with Crippen LogP contribution >= 0.6 is 0 Å². The summed E-state index contributed by atoms with van der Waals surface area (Å²) >= 11 is 0. The van der Waals surface area contributed by atoms with Crippen LogP contribution < -0.4 is 0 Å². The predicted octanol–water partition coefficient (Wildman–Crippen LogP) is 1.41. The van der Waals surface area contributed by atoms with Crippen LogP contribution in [0.1, 0.15) is 5.82 Å². The fourth-order valence-electron chi connectivity index (χ4n) is 0.905. The summed E-state index contributed by atoms with van der Waals surface area (Å²) in [6.45, 7) is 0. The van der Waals surface area contributed by atoms with Crippen molar-refractivity contribution in [1.82, 2.24) is 10.1 Å². The number of nitrogens with zero attached hydrogens (tertiary/aromatic N) is 3. The Kier molecular flexibility index (Phi) is 3.52. The molecule has 0 aliphatic rings. The first-order chi connectivity index (χ1) is 6.40. The molecule has 1 aromatic carbocycles. The van der Waals surface area contributed by atoms with Crippen molar-refractivity contribution in [2.75, 3.05) is 0 Å². The Morgan fingerprint density at radius 2 is 2.29 bits per heavy atom. The van der Waals surface area contributed by atoms with Crippen molar-refractivity contribution in [3.8, 4) is 17.5 Å². The molecule has 0 amide bonds. The predicted molar refractivity (Wildman–Crippen MR) is 43.3 cm³/mol. The number of benzene rings is 1. The van der Waals surface area contributed by atoms with Gasteiger partial charge in [-0.05, 0) is 0 Å². The summed E-state index contributed by atoms with van der Waals surface area (Å²) in [6.07, 6.45) is 0. The maximum Gasteiger partial charge on any atom is 0.263 e. The molecule has 0 aliphatic carbocycles. The van der Waals surface area contributed by atoms with E-state index in [2.05, 4.69) is 16.2 Å². The van der Waals surface area contributed by atoms with E-state index in [1.54, 1.807) is 18.2 Å². The second-order valence-electron chi connectivity index (χ2n) is 2.31.